The minimum Gasteiger partial charge on any atom is -0.493 e. The number of benzene rings is 1. The molecule has 0 saturated heterocycles. The quantitative estimate of drug-likeness (QED) is 0.877. The summed E-state index contributed by atoms with van der Waals surface area (Å²) in [6.07, 6.45) is 1.76. The molecule has 0 fully saturated rings. The Bertz CT molecular complexity index is 573. The predicted octanol–water partition coefficient (Wildman–Crippen LogP) is 2.80. The zero-order valence-electron chi connectivity index (χ0n) is 12.0. The van der Waals surface area contributed by atoms with Crippen LogP contribution in [-0.2, 0) is 6.54 Å². The lowest BCUT2D eigenvalue weighted by Crippen LogP contribution is -2.04. The Morgan fingerprint density at radius 3 is 2.75 bits per heavy atom. The summed E-state index contributed by atoms with van der Waals surface area (Å²) in [6, 6.07) is 7.67. The topological polar surface area (TPSA) is 56.3 Å². The van der Waals surface area contributed by atoms with Gasteiger partial charge in [-0.2, -0.15) is 0 Å². The maximum absolute atomic E-state index is 5.49. The van der Waals surface area contributed by atoms with Crippen LogP contribution in [0, 0.1) is 6.92 Å². The molecule has 0 amide bonds. The van der Waals surface area contributed by atoms with Crippen molar-refractivity contribution in [2.75, 3.05) is 19.0 Å². The third kappa shape index (κ3) is 3.60. The first-order valence-corrected chi connectivity index (χ1v) is 6.56. The van der Waals surface area contributed by atoms with Crippen LogP contribution in [0.2, 0.25) is 0 Å². The molecule has 1 aromatic heterocycles. The van der Waals surface area contributed by atoms with Crippen LogP contribution in [0.4, 0.5) is 5.69 Å². The second-order valence-electron chi connectivity index (χ2n) is 4.25. The molecule has 0 aliphatic carbocycles. The van der Waals surface area contributed by atoms with Crippen LogP contribution < -0.4 is 14.8 Å². The molecular formula is C15H19N3O2. The SMILES string of the molecule is CCOc1ccc(NCc2ccnc(C)n2)cc1OC. The number of nitrogens with one attached hydrogen (secondary N) is 1. The van der Waals surface area contributed by atoms with Gasteiger partial charge in [0.2, 0.25) is 0 Å². The number of hydrogen-bond donors (Lipinski definition) is 1. The molecule has 0 aliphatic rings. The van der Waals surface area contributed by atoms with Crippen LogP contribution in [0.3, 0.4) is 0 Å². The van der Waals surface area contributed by atoms with Crippen molar-refractivity contribution in [2.24, 2.45) is 0 Å². The van der Waals surface area contributed by atoms with Gasteiger partial charge in [-0.25, -0.2) is 9.97 Å². The summed E-state index contributed by atoms with van der Waals surface area (Å²) in [5, 5.41) is 3.31. The second kappa shape index (κ2) is 6.75. The monoisotopic (exact) mass is 273 g/mol. The van der Waals surface area contributed by atoms with Gasteiger partial charge in [-0.3, -0.25) is 0 Å². The first kappa shape index (κ1) is 14.1. The molecule has 1 heterocycles. The molecule has 5 heteroatoms. The molecule has 106 valence electrons. The standard InChI is InChI=1S/C15H19N3O2/c1-4-20-14-6-5-12(9-15(14)19-3)17-10-13-7-8-16-11(2)18-13/h5-9,17H,4,10H2,1-3H3. The van der Waals surface area contributed by atoms with Gasteiger partial charge in [0.05, 0.1) is 26.0 Å². The smallest absolute Gasteiger partial charge is 0.162 e. The van der Waals surface area contributed by atoms with E-state index in [9.17, 15) is 0 Å². The Labute approximate surface area is 119 Å². The maximum atomic E-state index is 5.49. The number of hydrogen-bond acceptors (Lipinski definition) is 5. The summed E-state index contributed by atoms with van der Waals surface area (Å²) in [4.78, 5) is 8.43. The van der Waals surface area contributed by atoms with Crippen LogP contribution in [0.15, 0.2) is 30.5 Å². The summed E-state index contributed by atoms with van der Waals surface area (Å²) in [6.45, 7) is 5.08. The fourth-order valence-electron chi connectivity index (χ4n) is 1.85. The highest BCUT2D eigenvalue weighted by molar-refractivity contribution is 5.54. The number of nitrogens with zero attached hydrogens (tertiary/aromatic N) is 2. The molecule has 0 unspecified atom stereocenters. The fourth-order valence-corrected chi connectivity index (χ4v) is 1.85. The Hall–Kier alpha value is -2.30. The lowest BCUT2D eigenvalue weighted by molar-refractivity contribution is 0.311. The maximum Gasteiger partial charge on any atom is 0.162 e. The lowest BCUT2D eigenvalue weighted by atomic mass is 10.2. The van der Waals surface area contributed by atoms with Crippen LogP contribution in [0.1, 0.15) is 18.4 Å². The average molecular weight is 273 g/mol. The van der Waals surface area contributed by atoms with Crippen molar-refractivity contribution in [1.82, 2.24) is 9.97 Å². The molecular weight excluding hydrogens is 254 g/mol. The van der Waals surface area contributed by atoms with Crippen LogP contribution >= 0.6 is 0 Å². The number of ether oxygens (including phenoxy) is 2. The number of anilines is 1. The zero-order valence-corrected chi connectivity index (χ0v) is 12.0. The summed E-state index contributed by atoms with van der Waals surface area (Å²) in [7, 11) is 1.63. The van der Waals surface area contributed by atoms with E-state index in [1.807, 2.05) is 38.1 Å². The highest BCUT2D eigenvalue weighted by Gasteiger charge is 2.05. The minimum absolute atomic E-state index is 0.614. The molecule has 0 bridgehead atoms. The van der Waals surface area contributed by atoms with Gasteiger partial charge in [-0.1, -0.05) is 0 Å². The molecule has 2 aromatic rings. The highest BCUT2D eigenvalue weighted by atomic mass is 16.5. The zero-order chi connectivity index (χ0) is 14.4. The number of aryl methyl sites for hydroxylation is 1. The van der Waals surface area contributed by atoms with Crippen LogP contribution in [0.5, 0.6) is 11.5 Å². The first-order chi connectivity index (χ1) is 9.72. The van der Waals surface area contributed by atoms with Gasteiger partial charge in [0, 0.05) is 18.0 Å². The van der Waals surface area contributed by atoms with Crippen molar-refractivity contribution in [3.05, 3.63) is 42.0 Å². The summed E-state index contributed by atoms with van der Waals surface area (Å²) in [5.41, 5.74) is 1.91. The largest absolute Gasteiger partial charge is 0.493 e. The molecule has 0 atom stereocenters. The molecule has 5 nitrogen and oxygen atoms in total. The van der Waals surface area contributed by atoms with Crippen molar-refractivity contribution < 1.29 is 9.47 Å². The van der Waals surface area contributed by atoms with E-state index in [1.54, 1.807) is 13.3 Å². The summed E-state index contributed by atoms with van der Waals surface area (Å²) in [5.74, 6) is 2.24. The Kier molecular flexibility index (Phi) is 4.76. The van der Waals surface area contributed by atoms with Gasteiger partial charge in [0.1, 0.15) is 5.82 Å². The predicted molar refractivity (Wildman–Crippen MR) is 78.3 cm³/mol. The van der Waals surface area contributed by atoms with E-state index in [0.717, 1.165) is 28.7 Å². The van der Waals surface area contributed by atoms with Crippen molar-refractivity contribution in [3.63, 3.8) is 0 Å². The van der Waals surface area contributed by atoms with Gasteiger partial charge in [0.25, 0.3) is 0 Å². The number of aromatic nitrogens is 2. The normalized spacial score (nSPS) is 10.2. The molecule has 0 radical (unpaired) electrons. The lowest BCUT2D eigenvalue weighted by Gasteiger charge is -2.12. The van der Waals surface area contributed by atoms with Crippen molar-refractivity contribution in [2.45, 2.75) is 20.4 Å². The minimum atomic E-state index is 0.614. The third-order valence-electron chi connectivity index (χ3n) is 2.77. The van der Waals surface area contributed by atoms with E-state index in [2.05, 4.69) is 15.3 Å². The molecule has 0 saturated carbocycles. The van der Waals surface area contributed by atoms with Gasteiger partial charge in [0.15, 0.2) is 11.5 Å². The van der Waals surface area contributed by atoms with E-state index < -0.39 is 0 Å². The average Bonchev–Trinajstić information content (AvgIpc) is 2.46. The molecule has 0 aliphatic heterocycles. The Morgan fingerprint density at radius 2 is 2.05 bits per heavy atom. The van der Waals surface area contributed by atoms with E-state index in [4.69, 9.17) is 9.47 Å². The van der Waals surface area contributed by atoms with Gasteiger partial charge < -0.3 is 14.8 Å². The van der Waals surface area contributed by atoms with E-state index in [0.29, 0.717) is 13.2 Å². The van der Waals surface area contributed by atoms with E-state index in [-0.39, 0.29) is 0 Å². The molecule has 20 heavy (non-hydrogen) atoms. The van der Waals surface area contributed by atoms with Crippen molar-refractivity contribution in [3.8, 4) is 11.5 Å². The van der Waals surface area contributed by atoms with Crippen LogP contribution in [-0.4, -0.2) is 23.7 Å². The number of methoxy groups -OCH3 is 1. The van der Waals surface area contributed by atoms with Gasteiger partial charge >= 0.3 is 0 Å². The van der Waals surface area contributed by atoms with E-state index >= 15 is 0 Å². The molecule has 0 spiro atoms. The van der Waals surface area contributed by atoms with Crippen LogP contribution in [0.25, 0.3) is 0 Å². The molecule has 1 N–H and O–H groups in total. The highest BCUT2D eigenvalue weighted by Crippen LogP contribution is 2.30. The fraction of sp³-hybridized carbons (Fsp3) is 0.333. The molecule has 2 rings (SSSR count). The molecule has 1 aromatic carbocycles. The second-order valence-corrected chi connectivity index (χ2v) is 4.25. The summed E-state index contributed by atoms with van der Waals surface area (Å²) >= 11 is 0. The van der Waals surface area contributed by atoms with Gasteiger partial charge in [-0.05, 0) is 32.0 Å². The van der Waals surface area contributed by atoms with Crippen molar-refractivity contribution >= 4 is 5.69 Å². The van der Waals surface area contributed by atoms with Crippen molar-refractivity contribution in [1.29, 1.82) is 0 Å². The Balaban J connectivity index is 2.06. The first-order valence-electron chi connectivity index (χ1n) is 6.56. The summed E-state index contributed by atoms with van der Waals surface area (Å²) < 4.78 is 10.8. The third-order valence-corrected chi connectivity index (χ3v) is 2.77. The van der Waals surface area contributed by atoms with Gasteiger partial charge in [-0.15, -0.1) is 0 Å². The number of rotatable bonds is 6. The van der Waals surface area contributed by atoms with E-state index in [1.165, 1.54) is 0 Å². The Morgan fingerprint density at radius 1 is 1.20 bits per heavy atom.